The maximum Gasteiger partial charge on any atom is 0.211 e. The van der Waals surface area contributed by atoms with Gasteiger partial charge in [0.25, 0.3) is 0 Å². The summed E-state index contributed by atoms with van der Waals surface area (Å²) in [6.45, 7) is 8.26. The SMILES string of the molecule is Cc1c(C(C)(C)C)ncc(Br)c1NC=O. The first-order valence-corrected chi connectivity index (χ1v) is 5.53. The molecule has 0 unspecified atom stereocenters. The first kappa shape index (κ1) is 12.2. The molecule has 1 amide bonds. The van der Waals surface area contributed by atoms with Gasteiger partial charge in [-0.2, -0.15) is 0 Å². The summed E-state index contributed by atoms with van der Waals surface area (Å²) in [7, 11) is 0. The minimum absolute atomic E-state index is 0.0237. The molecule has 0 fully saturated rings. The topological polar surface area (TPSA) is 42.0 Å². The van der Waals surface area contributed by atoms with Gasteiger partial charge >= 0.3 is 0 Å². The number of carbonyl (C=O) groups excluding carboxylic acids is 1. The van der Waals surface area contributed by atoms with E-state index in [9.17, 15) is 4.79 Å². The van der Waals surface area contributed by atoms with Gasteiger partial charge in [0, 0.05) is 11.6 Å². The quantitative estimate of drug-likeness (QED) is 0.840. The fourth-order valence-corrected chi connectivity index (χ4v) is 2.09. The molecule has 0 saturated heterocycles. The van der Waals surface area contributed by atoms with Crippen LogP contribution in [0.4, 0.5) is 5.69 Å². The van der Waals surface area contributed by atoms with Crippen LogP contribution < -0.4 is 5.32 Å². The molecular formula is C11H15BrN2O. The molecule has 0 atom stereocenters. The van der Waals surface area contributed by atoms with Crippen molar-refractivity contribution >= 4 is 28.0 Å². The van der Waals surface area contributed by atoms with Crippen molar-refractivity contribution < 1.29 is 4.79 Å². The Bertz CT molecular complexity index is 383. The van der Waals surface area contributed by atoms with Crippen molar-refractivity contribution in [2.24, 2.45) is 0 Å². The van der Waals surface area contributed by atoms with Crippen molar-refractivity contribution in [3.8, 4) is 0 Å². The van der Waals surface area contributed by atoms with Crippen LogP contribution in [-0.4, -0.2) is 11.4 Å². The molecule has 15 heavy (non-hydrogen) atoms. The molecule has 0 saturated carbocycles. The van der Waals surface area contributed by atoms with Gasteiger partial charge in [-0.05, 0) is 28.4 Å². The maximum atomic E-state index is 10.5. The van der Waals surface area contributed by atoms with Crippen molar-refractivity contribution in [2.75, 3.05) is 5.32 Å². The fraction of sp³-hybridized carbons (Fsp3) is 0.455. The monoisotopic (exact) mass is 270 g/mol. The van der Waals surface area contributed by atoms with Crippen LogP contribution in [0.3, 0.4) is 0 Å². The molecule has 0 bridgehead atoms. The van der Waals surface area contributed by atoms with Crippen molar-refractivity contribution in [3.63, 3.8) is 0 Å². The van der Waals surface area contributed by atoms with E-state index in [0.29, 0.717) is 6.41 Å². The van der Waals surface area contributed by atoms with Gasteiger partial charge in [-0.25, -0.2) is 0 Å². The summed E-state index contributed by atoms with van der Waals surface area (Å²) in [5, 5.41) is 2.69. The van der Waals surface area contributed by atoms with Crippen molar-refractivity contribution in [2.45, 2.75) is 33.1 Å². The highest BCUT2D eigenvalue weighted by Crippen LogP contribution is 2.32. The third-order valence-corrected chi connectivity index (χ3v) is 2.79. The lowest BCUT2D eigenvalue weighted by molar-refractivity contribution is -0.105. The second-order valence-electron chi connectivity index (χ2n) is 4.47. The number of rotatable bonds is 2. The summed E-state index contributed by atoms with van der Waals surface area (Å²) in [6, 6.07) is 0. The van der Waals surface area contributed by atoms with E-state index in [1.165, 1.54) is 0 Å². The van der Waals surface area contributed by atoms with Gasteiger partial charge in [0.2, 0.25) is 6.41 Å². The lowest BCUT2D eigenvalue weighted by atomic mass is 9.88. The Kier molecular flexibility index (Phi) is 3.50. The predicted octanol–water partition coefficient (Wildman–Crippen LogP) is 3.02. The molecule has 0 aromatic carbocycles. The lowest BCUT2D eigenvalue weighted by Crippen LogP contribution is -2.16. The van der Waals surface area contributed by atoms with Crippen LogP contribution in [0.25, 0.3) is 0 Å². The molecule has 0 aliphatic heterocycles. The smallest absolute Gasteiger partial charge is 0.211 e. The number of hydrogen-bond acceptors (Lipinski definition) is 2. The Balaban J connectivity index is 3.34. The molecule has 82 valence electrons. The Hall–Kier alpha value is -0.900. The minimum Gasteiger partial charge on any atom is -0.327 e. The molecule has 0 aliphatic carbocycles. The molecular weight excluding hydrogens is 256 g/mol. The molecule has 1 rings (SSSR count). The molecule has 0 radical (unpaired) electrons. The highest BCUT2D eigenvalue weighted by molar-refractivity contribution is 9.10. The van der Waals surface area contributed by atoms with Crippen molar-refractivity contribution in [1.82, 2.24) is 4.98 Å². The van der Waals surface area contributed by atoms with Gasteiger partial charge in [-0.15, -0.1) is 0 Å². The number of aromatic nitrogens is 1. The minimum atomic E-state index is -0.0237. The number of amides is 1. The van der Waals surface area contributed by atoms with Crippen LogP contribution in [0.2, 0.25) is 0 Å². The fourth-order valence-electron chi connectivity index (χ4n) is 1.57. The number of carbonyl (C=O) groups is 1. The molecule has 1 N–H and O–H groups in total. The molecule has 1 aromatic heterocycles. The van der Waals surface area contributed by atoms with E-state index in [1.54, 1.807) is 6.20 Å². The standard InChI is InChI=1S/C11H15BrN2O/c1-7-9(14-6-15)8(12)5-13-10(7)11(2,3)4/h5-6H,1-4H3,(H,13,14,15). The van der Waals surface area contributed by atoms with E-state index in [4.69, 9.17) is 0 Å². The van der Waals surface area contributed by atoms with E-state index in [1.807, 2.05) is 6.92 Å². The Labute approximate surface area is 98.4 Å². The van der Waals surface area contributed by atoms with Crippen LogP contribution >= 0.6 is 15.9 Å². The van der Waals surface area contributed by atoms with E-state index in [-0.39, 0.29) is 5.41 Å². The van der Waals surface area contributed by atoms with Crippen LogP contribution in [-0.2, 0) is 10.2 Å². The zero-order valence-corrected chi connectivity index (χ0v) is 11.0. The molecule has 0 spiro atoms. The van der Waals surface area contributed by atoms with E-state index in [0.717, 1.165) is 21.4 Å². The summed E-state index contributed by atoms with van der Waals surface area (Å²) in [5.74, 6) is 0. The molecule has 3 nitrogen and oxygen atoms in total. The first-order valence-electron chi connectivity index (χ1n) is 4.73. The second-order valence-corrected chi connectivity index (χ2v) is 5.32. The summed E-state index contributed by atoms with van der Waals surface area (Å²) in [6.07, 6.45) is 2.40. The van der Waals surface area contributed by atoms with Gasteiger partial charge < -0.3 is 5.32 Å². The number of hydrogen-bond donors (Lipinski definition) is 1. The van der Waals surface area contributed by atoms with Gasteiger partial charge in [0.15, 0.2) is 0 Å². The second kappa shape index (κ2) is 4.31. The maximum absolute atomic E-state index is 10.5. The van der Waals surface area contributed by atoms with Gasteiger partial charge in [-0.1, -0.05) is 20.8 Å². The number of nitrogens with zero attached hydrogens (tertiary/aromatic N) is 1. The molecule has 1 aromatic rings. The highest BCUT2D eigenvalue weighted by Gasteiger charge is 2.20. The number of halogens is 1. The van der Waals surface area contributed by atoms with E-state index in [2.05, 4.69) is 47.0 Å². The molecule has 4 heteroatoms. The lowest BCUT2D eigenvalue weighted by Gasteiger charge is -2.22. The number of pyridine rings is 1. The van der Waals surface area contributed by atoms with Gasteiger partial charge in [0.1, 0.15) is 0 Å². The largest absolute Gasteiger partial charge is 0.327 e. The summed E-state index contributed by atoms with van der Waals surface area (Å²) < 4.78 is 0.806. The predicted molar refractivity (Wildman–Crippen MR) is 65.1 cm³/mol. The first-order chi connectivity index (χ1) is 6.88. The van der Waals surface area contributed by atoms with Crippen molar-refractivity contribution in [1.29, 1.82) is 0 Å². The van der Waals surface area contributed by atoms with Gasteiger partial charge in [0.05, 0.1) is 15.9 Å². The highest BCUT2D eigenvalue weighted by atomic mass is 79.9. The summed E-state index contributed by atoms with van der Waals surface area (Å²) >= 11 is 3.37. The Morgan fingerprint density at radius 1 is 1.47 bits per heavy atom. The van der Waals surface area contributed by atoms with Crippen LogP contribution in [0, 0.1) is 6.92 Å². The summed E-state index contributed by atoms with van der Waals surface area (Å²) in [5.41, 5.74) is 2.77. The zero-order valence-electron chi connectivity index (χ0n) is 9.39. The Morgan fingerprint density at radius 2 is 2.07 bits per heavy atom. The average molecular weight is 271 g/mol. The van der Waals surface area contributed by atoms with Crippen LogP contribution in [0.5, 0.6) is 0 Å². The van der Waals surface area contributed by atoms with E-state index >= 15 is 0 Å². The zero-order chi connectivity index (χ0) is 11.6. The third-order valence-electron chi connectivity index (χ3n) is 2.19. The Morgan fingerprint density at radius 3 is 2.53 bits per heavy atom. The van der Waals surface area contributed by atoms with Crippen molar-refractivity contribution in [3.05, 3.63) is 21.9 Å². The number of anilines is 1. The van der Waals surface area contributed by atoms with E-state index < -0.39 is 0 Å². The van der Waals surface area contributed by atoms with Gasteiger partial charge in [-0.3, -0.25) is 9.78 Å². The molecule has 1 heterocycles. The van der Waals surface area contributed by atoms with Crippen LogP contribution in [0.1, 0.15) is 32.0 Å². The summed E-state index contributed by atoms with van der Waals surface area (Å²) in [4.78, 5) is 14.9. The normalized spacial score (nSPS) is 11.3. The average Bonchev–Trinajstić information content (AvgIpc) is 2.09. The van der Waals surface area contributed by atoms with Crippen LogP contribution in [0.15, 0.2) is 10.7 Å². The molecule has 0 aliphatic rings. The third kappa shape index (κ3) is 2.56. The number of nitrogens with one attached hydrogen (secondary N) is 1.